The number of amides is 1. The molecule has 0 aliphatic carbocycles. The van der Waals surface area contributed by atoms with E-state index < -0.39 is 6.10 Å². The van der Waals surface area contributed by atoms with Crippen LogP contribution in [-0.4, -0.2) is 41.7 Å². The van der Waals surface area contributed by atoms with Crippen molar-refractivity contribution in [1.29, 1.82) is 0 Å². The molecule has 3 rings (SSSR count). The monoisotopic (exact) mass is 422 g/mol. The fourth-order valence-corrected chi connectivity index (χ4v) is 3.32. The lowest BCUT2D eigenvalue weighted by Gasteiger charge is -2.38. The van der Waals surface area contributed by atoms with Crippen LogP contribution in [0.3, 0.4) is 0 Å². The van der Waals surface area contributed by atoms with Crippen LogP contribution in [0.15, 0.2) is 42.5 Å². The molecule has 28 heavy (non-hydrogen) atoms. The Labute approximate surface area is 175 Å². The fourth-order valence-electron chi connectivity index (χ4n) is 3.00. The van der Waals surface area contributed by atoms with Gasteiger partial charge in [-0.1, -0.05) is 41.4 Å². The van der Waals surface area contributed by atoms with Crippen molar-refractivity contribution in [1.82, 2.24) is 10.2 Å². The van der Waals surface area contributed by atoms with E-state index in [4.69, 9.17) is 27.9 Å². The number of aliphatic hydroxyl groups is 1. The molecule has 1 aliphatic heterocycles. The maximum atomic E-state index is 11.9. The van der Waals surface area contributed by atoms with Crippen molar-refractivity contribution in [2.45, 2.75) is 26.2 Å². The van der Waals surface area contributed by atoms with Gasteiger partial charge in [0.25, 0.3) is 0 Å². The first-order valence-electron chi connectivity index (χ1n) is 9.24. The number of hydrogen-bond acceptors (Lipinski definition) is 4. The lowest BCUT2D eigenvalue weighted by molar-refractivity contribution is -0.130. The highest BCUT2D eigenvalue weighted by Crippen LogP contribution is 2.24. The third kappa shape index (κ3) is 5.85. The van der Waals surface area contributed by atoms with Gasteiger partial charge in [-0.3, -0.25) is 9.69 Å². The van der Waals surface area contributed by atoms with E-state index in [-0.39, 0.29) is 11.8 Å². The number of carbonyl (C=O) groups is 1. The average Bonchev–Trinajstić information content (AvgIpc) is 2.64. The average molecular weight is 423 g/mol. The number of nitrogens with one attached hydrogen (secondary N) is 1. The SMILES string of the molecule is C[C@H](O)CNC(=O)C1CN(Cc2ccc(OCc3ccc(Cl)c(Cl)c3)cc2)C1. The first-order valence-corrected chi connectivity index (χ1v) is 10.00. The summed E-state index contributed by atoms with van der Waals surface area (Å²) in [5.41, 5.74) is 2.13. The van der Waals surface area contributed by atoms with Crippen LogP contribution >= 0.6 is 23.2 Å². The second kappa shape index (κ2) is 9.61. The van der Waals surface area contributed by atoms with Crippen molar-refractivity contribution in [3.63, 3.8) is 0 Å². The molecule has 0 saturated carbocycles. The largest absolute Gasteiger partial charge is 0.489 e. The predicted octanol–water partition coefficient (Wildman–Crippen LogP) is 3.50. The minimum Gasteiger partial charge on any atom is -0.489 e. The van der Waals surface area contributed by atoms with Gasteiger partial charge in [0.05, 0.1) is 22.1 Å². The lowest BCUT2D eigenvalue weighted by Crippen LogP contribution is -2.53. The normalized spacial score (nSPS) is 15.7. The van der Waals surface area contributed by atoms with Crippen LogP contribution in [0, 0.1) is 5.92 Å². The van der Waals surface area contributed by atoms with Gasteiger partial charge in [0.15, 0.2) is 0 Å². The Kier molecular flexibility index (Phi) is 7.18. The van der Waals surface area contributed by atoms with Crippen molar-refractivity contribution in [3.05, 3.63) is 63.6 Å². The summed E-state index contributed by atoms with van der Waals surface area (Å²) in [7, 11) is 0. The number of nitrogens with zero attached hydrogens (tertiary/aromatic N) is 1. The van der Waals surface area contributed by atoms with Crippen LogP contribution in [0.25, 0.3) is 0 Å². The molecule has 0 bridgehead atoms. The molecule has 1 atom stereocenters. The summed E-state index contributed by atoms with van der Waals surface area (Å²) < 4.78 is 5.79. The quantitative estimate of drug-likeness (QED) is 0.683. The van der Waals surface area contributed by atoms with E-state index in [0.717, 1.165) is 30.9 Å². The number of ether oxygens (including phenoxy) is 1. The number of hydrogen-bond donors (Lipinski definition) is 2. The molecule has 2 aromatic rings. The maximum Gasteiger partial charge on any atom is 0.225 e. The zero-order chi connectivity index (χ0) is 20.1. The maximum absolute atomic E-state index is 11.9. The van der Waals surface area contributed by atoms with Crippen LogP contribution in [0.1, 0.15) is 18.1 Å². The number of aliphatic hydroxyl groups excluding tert-OH is 1. The van der Waals surface area contributed by atoms with E-state index >= 15 is 0 Å². The molecule has 2 N–H and O–H groups in total. The fraction of sp³-hybridized carbons (Fsp3) is 0.381. The van der Waals surface area contributed by atoms with Gasteiger partial charge in [-0.2, -0.15) is 0 Å². The number of halogens is 2. The van der Waals surface area contributed by atoms with Gasteiger partial charge in [0, 0.05) is 26.2 Å². The molecule has 7 heteroatoms. The van der Waals surface area contributed by atoms with Crippen molar-refractivity contribution >= 4 is 29.1 Å². The highest BCUT2D eigenvalue weighted by Gasteiger charge is 2.32. The second-order valence-electron chi connectivity index (χ2n) is 7.17. The van der Waals surface area contributed by atoms with E-state index in [1.165, 1.54) is 5.56 Å². The summed E-state index contributed by atoms with van der Waals surface area (Å²) in [4.78, 5) is 14.1. The predicted molar refractivity (Wildman–Crippen MR) is 111 cm³/mol. The number of carbonyl (C=O) groups excluding carboxylic acids is 1. The van der Waals surface area contributed by atoms with Crippen LogP contribution in [0.5, 0.6) is 5.75 Å². The minimum atomic E-state index is -0.516. The van der Waals surface area contributed by atoms with E-state index in [9.17, 15) is 9.90 Å². The Bertz CT molecular complexity index is 806. The topological polar surface area (TPSA) is 61.8 Å². The smallest absolute Gasteiger partial charge is 0.225 e. The van der Waals surface area contributed by atoms with Crippen molar-refractivity contribution in [3.8, 4) is 5.75 Å². The third-order valence-electron chi connectivity index (χ3n) is 4.62. The van der Waals surface area contributed by atoms with E-state index in [1.807, 2.05) is 30.3 Å². The molecular weight excluding hydrogens is 399 g/mol. The van der Waals surface area contributed by atoms with Gasteiger partial charge < -0.3 is 15.2 Å². The summed E-state index contributed by atoms with van der Waals surface area (Å²) in [6, 6.07) is 13.4. The summed E-state index contributed by atoms with van der Waals surface area (Å²) in [6.45, 7) is 4.66. The first kappa shape index (κ1) is 20.9. The Morgan fingerprint density at radius 3 is 2.50 bits per heavy atom. The Morgan fingerprint density at radius 2 is 1.86 bits per heavy atom. The summed E-state index contributed by atoms with van der Waals surface area (Å²) in [6.07, 6.45) is -0.516. The molecule has 1 amide bonds. The molecule has 150 valence electrons. The molecule has 0 spiro atoms. The summed E-state index contributed by atoms with van der Waals surface area (Å²) >= 11 is 11.9. The van der Waals surface area contributed by atoms with E-state index in [1.54, 1.807) is 19.1 Å². The van der Waals surface area contributed by atoms with E-state index in [2.05, 4.69) is 10.2 Å². The molecule has 1 aliphatic rings. The molecule has 1 fully saturated rings. The van der Waals surface area contributed by atoms with Gasteiger partial charge in [-0.15, -0.1) is 0 Å². The summed E-state index contributed by atoms with van der Waals surface area (Å²) in [5.74, 6) is 0.810. The Balaban J connectivity index is 1.41. The van der Waals surface area contributed by atoms with Crippen molar-refractivity contribution in [2.24, 2.45) is 5.92 Å². The van der Waals surface area contributed by atoms with Gasteiger partial charge in [0.1, 0.15) is 12.4 Å². The van der Waals surface area contributed by atoms with Gasteiger partial charge in [-0.05, 0) is 42.3 Å². The third-order valence-corrected chi connectivity index (χ3v) is 5.36. The van der Waals surface area contributed by atoms with Crippen LogP contribution < -0.4 is 10.1 Å². The standard InChI is InChI=1S/C21H24Cl2N2O3/c1-14(26)9-24-21(27)17-11-25(12-17)10-15-2-5-18(6-3-15)28-13-16-4-7-19(22)20(23)8-16/h2-8,14,17,26H,9-13H2,1H3,(H,24,27)/t14-/m0/s1. The lowest BCUT2D eigenvalue weighted by atomic mass is 9.98. The molecule has 0 unspecified atom stereocenters. The van der Waals surface area contributed by atoms with Gasteiger partial charge in [-0.25, -0.2) is 0 Å². The zero-order valence-electron chi connectivity index (χ0n) is 15.7. The highest BCUT2D eigenvalue weighted by molar-refractivity contribution is 6.42. The van der Waals surface area contributed by atoms with Gasteiger partial charge in [0.2, 0.25) is 5.91 Å². The van der Waals surface area contributed by atoms with Crippen molar-refractivity contribution in [2.75, 3.05) is 19.6 Å². The number of benzene rings is 2. The van der Waals surface area contributed by atoms with E-state index in [0.29, 0.717) is 23.2 Å². The first-order chi connectivity index (χ1) is 13.4. The zero-order valence-corrected chi connectivity index (χ0v) is 17.2. The van der Waals surface area contributed by atoms with Gasteiger partial charge >= 0.3 is 0 Å². The molecule has 0 aromatic heterocycles. The minimum absolute atomic E-state index is 0.00700. The van der Waals surface area contributed by atoms with Crippen molar-refractivity contribution < 1.29 is 14.6 Å². The number of likely N-dealkylation sites (tertiary alicyclic amines) is 1. The molecular formula is C21H24Cl2N2O3. The molecule has 1 heterocycles. The molecule has 0 radical (unpaired) electrons. The molecule has 2 aromatic carbocycles. The number of rotatable bonds is 8. The Morgan fingerprint density at radius 1 is 1.18 bits per heavy atom. The van der Waals surface area contributed by atoms with Crippen LogP contribution in [0.4, 0.5) is 0 Å². The molecule has 1 saturated heterocycles. The highest BCUT2D eigenvalue weighted by atomic mass is 35.5. The van der Waals surface area contributed by atoms with Crippen LogP contribution in [0.2, 0.25) is 10.0 Å². The Hall–Kier alpha value is -1.79. The van der Waals surface area contributed by atoms with Crippen LogP contribution in [-0.2, 0) is 17.9 Å². The summed E-state index contributed by atoms with van der Waals surface area (Å²) in [5, 5.41) is 13.0. The second-order valence-corrected chi connectivity index (χ2v) is 7.98. The molecule has 5 nitrogen and oxygen atoms in total.